The summed E-state index contributed by atoms with van der Waals surface area (Å²) >= 11 is 0. The van der Waals surface area contributed by atoms with Crippen molar-refractivity contribution in [3.8, 4) is 0 Å². The first-order valence-corrected chi connectivity index (χ1v) is 7.06. The van der Waals surface area contributed by atoms with Gasteiger partial charge in [-0.15, -0.1) is 0 Å². The van der Waals surface area contributed by atoms with Crippen LogP contribution in [0.5, 0.6) is 0 Å². The van der Waals surface area contributed by atoms with Gasteiger partial charge in [-0.2, -0.15) is 0 Å². The molecule has 2 fully saturated rings. The van der Waals surface area contributed by atoms with Crippen molar-refractivity contribution in [2.24, 2.45) is 11.7 Å². The Hall–Kier alpha value is -0.650. The number of rotatable bonds is 5. The molecule has 0 aromatic rings. The fourth-order valence-electron chi connectivity index (χ4n) is 2.88. The van der Waals surface area contributed by atoms with E-state index in [0.29, 0.717) is 25.0 Å². The fourth-order valence-corrected chi connectivity index (χ4v) is 2.88. The highest BCUT2D eigenvalue weighted by Gasteiger charge is 2.34. The summed E-state index contributed by atoms with van der Waals surface area (Å²) in [5.74, 6) is 0.786. The summed E-state index contributed by atoms with van der Waals surface area (Å²) in [4.78, 5) is 14.2. The van der Waals surface area contributed by atoms with Gasteiger partial charge in [-0.1, -0.05) is 0 Å². The second kappa shape index (κ2) is 6.50. The fraction of sp³-hybridized carbons (Fsp3) is 0.923. The summed E-state index contributed by atoms with van der Waals surface area (Å²) in [6.07, 6.45) is 3.14. The molecule has 1 saturated carbocycles. The number of nitrogens with zero attached hydrogens (tertiary/aromatic N) is 1. The molecule has 104 valence electrons. The molecule has 1 heterocycles. The minimum Gasteiger partial charge on any atom is -0.378 e. The van der Waals surface area contributed by atoms with Crippen LogP contribution < -0.4 is 11.1 Å². The lowest BCUT2D eigenvalue weighted by Crippen LogP contribution is -2.56. The molecule has 1 aliphatic carbocycles. The van der Waals surface area contributed by atoms with Gasteiger partial charge in [0.05, 0.1) is 12.1 Å². The average molecular weight is 255 g/mol. The second-order valence-corrected chi connectivity index (χ2v) is 5.30. The van der Waals surface area contributed by atoms with Gasteiger partial charge in [0, 0.05) is 39.2 Å². The zero-order valence-corrected chi connectivity index (χ0v) is 11.2. The van der Waals surface area contributed by atoms with Crippen LogP contribution in [-0.2, 0) is 9.53 Å². The van der Waals surface area contributed by atoms with Crippen LogP contribution in [0.1, 0.15) is 26.2 Å². The summed E-state index contributed by atoms with van der Waals surface area (Å²) < 4.78 is 5.52. The summed E-state index contributed by atoms with van der Waals surface area (Å²) in [5.41, 5.74) is 5.72. The Kier molecular flexibility index (Phi) is 4.97. The molecule has 0 aromatic heterocycles. The molecular formula is C13H25N3O2. The van der Waals surface area contributed by atoms with E-state index in [1.165, 1.54) is 0 Å². The molecule has 5 heteroatoms. The van der Waals surface area contributed by atoms with E-state index in [-0.39, 0.29) is 11.9 Å². The van der Waals surface area contributed by atoms with E-state index < -0.39 is 0 Å². The first kappa shape index (κ1) is 13.8. The highest BCUT2D eigenvalue weighted by atomic mass is 16.5. The highest BCUT2D eigenvalue weighted by Crippen LogP contribution is 2.33. The smallest absolute Gasteiger partial charge is 0.223 e. The molecule has 2 aliphatic rings. The SMILES string of the molecule is CCOC1CC(CC(=O)N2CCNCC2CN)C1. The van der Waals surface area contributed by atoms with Crippen LogP contribution >= 0.6 is 0 Å². The minimum absolute atomic E-state index is 0.175. The Balaban J connectivity index is 1.74. The van der Waals surface area contributed by atoms with Crippen LogP contribution in [0.4, 0.5) is 0 Å². The zero-order valence-electron chi connectivity index (χ0n) is 11.2. The van der Waals surface area contributed by atoms with Gasteiger partial charge >= 0.3 is 0 Å². The van der Waals surface area contributed by atoms with Crippen molar-refractivity contribution in [1.82, 2.24) is 10.2 Å². The van der Waals surface area contributed by atoms with Gasteiger partial charge in [-0.25, -0.2) is 0 Å². The van der Waals surface area contributed by atoms with Crippen LogP contribution in [-0.4, -0.2) is 55.7 Å². The topological polar surface area (TPSA) is 67.6 Å². The van der Waals surface area contributed by atoms with Crippen LogP contribution in [0, 0.1) is 5.92 Å². The van der Waals surface area contributed by atoms with E-state index in [2.05, 4.69) is 5.32 Å². The van der Waals surface area contributed by atoms with Gasteiger partial charge in [0.1, 0.15) is 0 Å². The van der Waals surface area contributed by atoms with E-state index in [4.69, 9.17) is 10.5 Å². The lowest BCUT2D eigenvalue weighted by Gasteiger charge is -2.39. The number of carbonyl (C=O) groups is 1. The molecule has 0 bridgehead atoms. The number of amides is 1. The van der Waals surface area contributed by atoms with E-state index in [0.717, 1.165) is 39.1 Å². The maximum atomic E-state index is 12.2. The first-order valence-electron chi connectivity index (χ1n) is 7.06. The molecule has 1 atom stereocenters. The number of ether oxygens (including phenoxy) is 1. The number of nitrogens with two attached hydrogens (primary N) is 1. The van der Waals surface area contributed by atoms with Crippen molar-refractivity contribution < 1.29 is 9.53 Å². The van der Waals surface area contributed by atoms with Crippen LogP contribution in [0.3, 0.4) is 0 Å². The summed E-state index contributed by atoms with van der Waals surface area (Å²) in [7, 11) is 0. The number of carbonyl (C=O) groups excluding carboxylic acids is 1. The maximum Gasteiger partial charge on any atom is 0.223 e. The van der Waals surface area contributed by atoms with Crippen LogP contribution in [0.2, 0.25) is 0 Å². The van der Waals surface area contributed by atoms with Crippen molar-refractivity contribution in [1.29, 1.82) is 0 Å². The van der Waals surface area contributed by atoms with E-state index >= 15 is 0 Å². The van der Waals surface area contributed by atoms with Crippen molar-refractivity contribution in [3.05, 3.63) is 0 Å². The van der Waals surface area contributed by atoms with E-state index in [1.54, 1.807) is 0 Å². The number of hydrogen-bond acceptors (Lipinski definition) is 4. The van der Waals surface area contributed by atoms with Gasteiger partial charge in [0.25, 0.3) is 0 Å². The number of hydrogen-bond donors (Lipinski definition) is 2. The minimum atomic E-state index is 0.175. The molecule has 0 radical (unpaired) electrons. The molecule has 0 aromatic carbocycles. The Labute approximate surface area is 109 Å². The molecule has 2 rings (SSSR count). The second-order valence-electron chi connectivity index (χ2n) is 5.30. The van der Waals surface area contributed by atoms with Crippen molar-refractivity contribution in [2.45, 2.75) is 38.3 Å². The Morgan fingerprint density at radius 2 is 2.28 bits per heavy atom. The summed E-state index contributed by atoms with van der Waals surface area (Å²) in [6.45, 7) is 5.85. The lowest BCUT2D eigenvalue weighted by molar-refractivity contribution is -0.137. The van der Waals surface area contributed by atoms with Gasteiger partial charge in [0.2, 0.25) is 5.91 Å². The molecular weight excluding hydrogens is 230 g/mol. The predicted molar refractivity (Wildman–Crippen MR) is 70.2 cm³/mol. The standard InChI is InChI=1S/C13H25N3O2/c1-2-18-12-5-10(6-12)7-13(17)16-4-3-15-9-11(16)8-14/h10-12,15H,2-9,14H2,1H3. The monoisotopic (exact) mass is 255 g/mol. The zero-order chi connectivity index (χ0) is 13.0. The van der Waals surface area contributed by atoms with Crippen LogP contribution in [0.15, 0.2) is 0 Å². The van der Waals surface area contributed by atoms with Gasteiger partial charge in [-0.05, 0) is 25.7 Å². The molecule has 18 heavy (non-hydrogen) atoms. The third-order valence-corrected chi connectivity index (χ3v) is 4.00. The Morgan fingerprint density at radius 3 is 2.94 bits per heavy atom. The van der Waals surface area contributed by atoms with Crippen molar-refractivity contribution >= 4 is 5.91 Å². The van der Waals surface area contributed by atoms with Gasteiger partial charge in [-0.3, -0.25) is 4.79 Å². The third kappa shape index (κ3) is 3.22. The molecule has 3 N–H and O–H groups in total. The van der Waals surface area contributed by atoms with E-state index in [1.807, 2.05) is 11.8 Å². The average Bonchev–Trinajstić information content (AvgIpc) is 2.36. The van der Waals surface area contributed by atoms with Crippen molar-refractivity contribution in [3.63, 3.8) is 0 Å². The van der Waals surface area contributed by atoms with Crippen molar-refractivity contribution in [2.75, 3.05) is 32.8 Å². The molecule has 1 saturated heterocycles. The van der Waals surface area contributed by atoms with Crippen LogP contribution in [0.25, 0.3) is 0 Å². The lowest BCUT2D eigenvalue weighted by atomic mass is 9.79. The molecule has 1 amide bonds. The summed E-state index contributed by atoms with van der Waals surface area (Å²) in [6, 6.07) is 0.175. The summed E-state index contributed by atoms with van der Waals surface area (Å²) in [5, 5.41) is 3.28. The third-order valence-electron chi connectivity index (χ3n) is 4.00. The van der Waals surface area contributed by atoms with Gasteiger partial charge < -0.3 is 20.7 Å². The largest absolute Gasteiger partial charge is 0.378 e. The quantitative estimate of drug-likeness (QED) is 0.723. The molecule has 1 unspecified atom stereocenters. The maximum absolute atomic E-state index is 12.2. The molecule has 1 aliphatic heterocycles. The predicted octanol–water partition coefficient (Wildman–Crippen LogP) is -0.0493. The molecule has 0 spiro atoms. The van der Waals surface area contributed by atoms with E-state index in [9.17, 15) is 4.79 Å². The van der Waals surface area contributed by atoms with Gasteiger partial charge in [0.15, 0.2) is 0 Å². The highest BCUT2D eigenvalue weighted by molar-refractivity contribution is 5.77. The normalized spacial score (nSPS) is 32.1. The molecule has 5 nitrogen and oxygen atoms in total. The Morgan fingerprint density at radius 1 is 1.50 bits per heavy atom. The Bertz CT molecular complexity index is 279. The number of piperazine rings is 1. The first-order chi connectivity index (χ1) is 8.74. The number of nitrogens with one attached hydrogen (secondary N) is 1.